The summed E-state index contributed by atoms with van der Waals surface area (Å²) in [6, 6.07) is 2.05. The molecule has 1 aliphatic rings. The van der Waals surface area contributed by atoms with Gasteiger partial charge in [0.2, 0.25) is 10.0 Å². The molecule has 0 spiro atoms. The summed E-state index contributed by atoms with van der Waals surface area (Å²) in [6.45, 7) is 1.09. The Morgan fingerprint density at radius 2 is 2.00 bits per heavy atom. The summed E-state index contributed by atoms with van der Waals surface area (Å²) in [6.07, 6.45) is 3.29. The van der Waals surface area contributed by atoms with E-state index in [0.717, 1.165) is 12.8 Å². The molecule has 0 unspecified atom stereocenters. The van der Waals surface area contributed by atoms with Crippen LogP contribution in [0, 0.1) is 0 Å². The van der Waals surface area contributed by atoms with Gasteiger partial charge in [0.25, 0.3) is 0 Å². The van der Waals surface area contributed by atoms with Gasteiger partial charge in [-0.3, -0.25) is 0 Å². The molecule has 1 aliphatic heterocycles. The summed E-state index contributed by atoms with van der Waals surface area (Å²) in [7, 11) is 2.23. The SMILES string of the molecule is CNc1ncc(Br)cc1S(=O)(=O)N1CCC(N(C)C)CC1. The van der Waals surface area contributed by atoms with Crippen molar-refractivity contribution in [3.8, 4) is 0 Å². The standard InChI is InChI=1S/C13H21BrN4O2S/c1-15-13-12(8-10(14)9-16-13)21(19,20)18-6-4-11(5-7-18)17(2)3/h8-9,11H,4-7H2,1-3H3,(H,15,16). The zero-order chi connectivity index (χ0) is 15.6. The topological polar surface area (TPSA) is 65.5 Å². The second kappa shape index (κ2) is 6.60. The fraction of sp³-hybridized carbons (Fsp3) is 0.615. The highest BCUT2D eigenvalue weighted by Crippen LogP contribution is 2.28. The highest BCUT2D eigenvalue weighted by Gasteiger charge is 2.32. The van der Waals surface area contributed by atoms with Crippen LogP contribution in [0.25, 0.3) is 0 Å². The highest BCUT2D eigenvalue weighted by molar-refractivity contribution is 9.10. The van der Waals surface area contributed by atoms with E-state index in [1.165, 1.54) is 0 Å². The zero-order valence-corrected chi connectivity index (χ0v) is 14.9. The predicted molar refractivity (Wildman–Crippen MR) is 87.0 cm³/mol. The van der Waals surface area contributed by atoms with E-state index in [1.807, 2.05) is 14.1 Å². The molecule has 0 saturated carbocycles. The van der Waals surface area contributed by atoms with Crippen molar-refractivity contribution in [1.82, 2.24) is 14.2 Å². The summed E-state index contributed by atoms with van der Waals surface area (Å²) in [5.74, 6) is 0.382. The predicted octanol–water partition coefficient (Wildman–Crippen LogP) is 1.60. The number of rotatable bonds is 4. The van der Waals surface area contributed by atoms with Crippen molar-refractivity contribution in [1.29, 1.82) is 0 Å². The van der Waals surface area contributed by atoms with Crippen LogP contribution >= 0.6 is 15.9 Å². The smallest absolute Gasteiger partial charge is 0.246 e. The van der Waals surface area contributed by atoms with Gasteiger partial charge in [0.1, 0.15) is 10.7 Å². The average Bonchev–Trinajstić information content (AvgIpc) is 2.47. The molecule has 0 radical (unpaired) electrons. The Morgan fingerprint density at radius 3 is 2.52 bits per heavy atom. The Hall–Kier alpha value is -0.700. The molecular formula is C13H21BrN4O2S. The quantitative estimate of drug-likeness (QED) is 0.864. The largest absolute Gasteiger partial charge is 0.372 e. The van der Waals surface area contributed by atoms with Gasteiger partial charge < -0.3 is 10.2 Å². The second-order valence-corrected chi connectivity index (χ2v) is 8.17. The number of halogens is 1. The molecule has 0 aromatic carbocycles. The van der Waals surface area contributed by atoms with Crippen LogP contribution in [-0.4, -0.2) is 62.9 Å². The highest BCUT2D eigenvalue weighted by atomic mass is 79.9. The van der Waals surface area contributed by atoms with Crippen molar-refractivity contribution in [3.05, 3.63) is 16.7 Å². The van der Waals surface area contributed by atoms with E-state index >= 15 is 0 Å². The molecule has 1 N–H and O–H groups in total. The van der Waals surface area contributed by atoms with Crippen LogP contribution in [0.5, 0.6) is 0 Å². The molecule has 1 aromatic heterocycles. The molecule has 21 heavy (non-hydrogen) atoms. The van der Waals surface area contributed by atoms with Crippen LogP contribution in [0.3, 0.4) is 0 Å². The Balaban J connectivity index is 2.25. The average molecular weight is 377 g/mol. The van der Waals surface area contributed by atoms with E-state index < -0.39 is 10.0 Å². The third kappa shape index (κ3) is 3.56. The number of piperidine rings is 1. The van der Waals surface area contributed by atoms with Crippen molar-refractivity contribution in [2.75, 3.05) is 39.5 Å². The molecule has 1 fully saturated rings. The molecule has 1 aromatic rings. The molecule has 8 heteroatoms. The number of aromatic nitrogens is 1. The first-order valence-corrected chi connectivity index (χ1v) is 9.09. The van der Waals surface area contributed by atoms with Crippen LogP contribution in [0.4, 0.5) is 5.82 Å². The van der Waals surface area contributed by atoms with Crippen molar-refractivity contribution in [3.63, 3.8) is 0 Å². The minimum absolute atomic E-state index is 0.225. The number of pyridine rings is 1. The van der Waals surface area contributed by atoms with E-state index in [0.29, 0.717) is 29.4 Å². The molecule has 0 atom stereocenters. The van der Waals surface area contributed by atoms with Gasteiger partial charge >= 0.3 is 0 Å². The van der Waals surface area contributed by atoms with Crippen LogP contribution in [0.2, 0.25) is 0 Å². The lowest BCUT2D eigenvalue weighted by Gasteiger charge is -2.34. The van der Waals surface area contributed by atoms with E-state index in [4.69, 9.17) is 0 Å². The lowest BCUT2D eigenvalue weighted by Crippen LogP contribution is -2.44. The Labute approximate surface area is 134 Å². The van der Waals surface area contributed by atoms with Crippen molar-refractivity contribution >= 4 is 31.8 Å². The molecule has 0 amide bonds. The number of anilines is 1. The summed E-state index contributed by atoms with van der Waals surface area (Å²) in [5.41, 5.74) is 0. The van der Waals surface area contributed by atoms with Crippen LogP contribution < -0.4 is 5.32 Å². The fourth-order valence-corrected chi connectivity index (χ4v) is 4.67. The first kappa shape index (κ1) is 16.7. The van der Waals surface area contributed by atoms with E-state index in [9.17, 15) is 8.42 Å². The summed E-state index contributed by atoms with van der Waals surface area (Å²) in [5, 5.41) is 2.85. The van der Waals surface area contributed by atoms with E-state index in [1.54, 1.807) is 23.6 Å². The van der Waals surface area contributed by atoms with Gasteiger partial charge in [-0.1, -0.05) is 0 Å². The molecule has 118 valence electrons. The van der Waals surface area contributed by atoms with Crippen LogP contribution in [0.1, 0.15) is 12.8 Å². The minimum atomic E-state index is -3.52. The van der Waals surface area contributed by atoms with Crippen molar-refractivity contribution in [2.45, 2.75) is 23.8 Å². The van der Waals surface area contributed by atoms with Gasteiger partial charge in [0.05, 0.1) is 0 Å². The first-order chi connectivity index (χ1) is 9.86. The molecule has 0 bridgehead atoms. The number of sulfonamides is 1. The summed E-state index contributed by atoms with van der Waals surface area (Å²) < 4.78 is 27.8. The zero-order valence-electron chi connectivity index (χ0n) is 12.5. The molecule has 0 aliphatic carbocycles. The van der Waals surface area contributed by atoms with E-state index in [2.05, 4.69) is 31.1 Å². The monoisotopic (exact) mass is 376 g/mol. The second-order valence-electron chi connectivity index (χ2n) is 5.35. The number of hydrogen-bond donors (Lipinski definition) is 1. The van der Waals surface area contributed by atoms with Gasteiger partial charge in [-0.2, -0.15) is 4.31 Å². The third-order valence-electron chi connectivity index (χ3n) is 3.83. The Morgan fingerprint density at radius 1 is 1.38 bits per heavy atom. The van der Waals surface area contributed by atoms with Gasteiger partial charge in [0.15, 0.2) is 0 Å². The maximum Gasteiger partial charge on any atom is 0.246 e. The molecule has 6 nitrogen and oxygen atoms in total. The number of hydrogen-bond acceptors (Lipinski definition) is 5. The molecule has 2 heterocycles. The summed E-state index contributed by atoms with van der Waals surface area (Å²) in [4.78, 5) is 6.51. The van der Waals surface area contributed by atoms with Gasteiger partial charge in [-0.05, 0) is 48.9 Å². The van der Waals surface area contributed by atoms with Gasteiger partial charge in [-0.15, -0.1) is 0 Å². The normalized spacial score (nSPS) is 18.1. The van der Waals surface area contributed by atoms with Gasteiger partial charge in [0, 0.05) is 36.8 Å². The van der Waals surface area contributed by atoms with Crippen molar-refractivity contribution < 1.29 is 8.42 Å². The Kier molecular flexibility index (Phi) is 5.24. The van der Waals surface area contributed by atoms with Crippen LogP contribution in [0.15, 0.2) is 21.6 Å². The van der Waals surface area contributed by atoms with E-state index in [-0.39, 0.29) is 4.90 Å². The maximum atomic E-state index is 12.8. The lowest BCUT2D eigenvalue weighted by molar-refractivity contribution is 0.196. The first-order valence-electron chi connectivity index (χ1n) is 6.86. The molecule has 2 rings (SSSR count). The summed E-state index contributed by atoms with van der Waals surface area (Å²) >= 11 is 3.29. The minimum Gasteiger partial charge on any atom is -0.372 e. The third-order valence-corrected chi connectivity index (χ3v) is 6.17. The molecular weight excluding hydrogens is 356 g/mol. The van der Waals surface area contributed by atoms with Crippen molar-refractivity contribution in [2.24, 2.45) is 0 Å². The van der Waals surface area contributed by atoms with Crippen LogP contribution in [-0.2, 0) is 10.0 Å². The maximum absolute atomic E-state index is 12.8. The number of nitrogens with one attached hydrogen (secondary N) is 1. The Bertz CT molecular complexity index is 598. The number of nitrogens with zero attached hydrogens (tertiary/aromatic N) is 3. The molecule has 1 saturated heterocycles. The lowest BCUT2D eigenvalue weighted by atomic mass is 10.1. The van der Waals surface area contributed by atoms with Gasteiger partial charge in [-0.25, -0.2) is 13.4 Å². The fourth-order valence-electron chi connectivity index (χ4n) is 2.54.